The Morgan fingerprint density at radius 2 is 2.09 bits per heavy atom. The number of amides is 1. The molecule has 124 valence electrons. The van der Waals surface area contributed by atoms with Crippen LogP contribution in [-0.4, -0.2) is 39.5 Å². The number of carbonyl (C=O) groups is 2. The van der Waals surface area contributed by atoms with Gasteiger partial charge in [0.1, 0.15) is 6.54 Å². The van der Waals surface area contributed by atoms with Crippen molar-refractivity contribution in [1.82, 2.24) is 9.88 Å². The molecule has 2 N–H and O–H groups in total. The molecule has 0 spiro atoms. The van der Waals surface area contributed by atoms with Crippen molar-refractivity contribution in [1.29, 1.82) is 0 Å². The molecule has 0 saturated heterocycles. The summed E-state index contributed by atoms with van der Waals surface area (Å²) in [5.41, 5.74) is 3.36. The van der Waals surface area contributed by atoms with Gasteiger partial charge in [0.05, 0.1) is 0 Å². The summed E-state index contributed by atoms with van der Waals surface area (Å²) in [5.74, 6) is -1.08. The highest BCUT2D eigenvalue weighted by Gasteiger charge is 2.21. The number of hydrogen-bond donors (Lipinski definition) is 2. The number of nitrogens with zero attached hydrogens (tertiary/aromatic N) is 1. The fraction of sp³-hybridized carbons (Fsp3) is 0.444. The van der Waals surface area contributed by atoms with Crippen molar-refractivity contribution in [2.45, 2.75) is 46.1 Å². The number of rotatable bonds is 7. The van der Waals surface area contributed by atoms with Crippen molar-refractivity contribution in [2.24, 2.45) is 0 Å². The summed E-state index contributed by atoms with van der Waals surface area (Å²) < 4.78 is 0. The SMILES string of the molecule is CCC(C)N(CC(=O)O)C(=O)CCc1c[nH]c2c(C)cccc12. The largest absolute Gasteiger partial charge is 0.480 e. The van der Waals surface area contributed by atoms with Gasteiger partial charge in [-0.1, -0.05) is 25.1 Å². The molecule has 5 heteroatoms. The Bertz CT molecular complexity index is 705. The summed E-state index contributed by atoms with van der Waals surface area (Å²) in [6.45, 7) is 5.65. The molecule has 23 heavy (non-hydrogen) atoms. The van der Waals surface area contributed by atoms with E-state index < -0.39 is 5.97 Å². The Morgan fingerprint density at radius 1 is 1.35 bits per heavy atom. The van der Waals surface area contributed by atoms with Crippen LogP contribution >= 0.6 is 0 Å². The van der Waals surface area contributed by atoms with Gasteiger partial charge in [0, 0.05) is 29.6 Å². The molecule has 0 radical (unpaired) electrons. The number of aliphatic carboxylic acids is 1. The Labute approximate surface area is 136 Å². The quantitative estimate of drug-likeness (QED) is 0.824. The lowest BCUT2D eigenvalue weighted by Crippen LogP contribution is -2.41. The zero-order valence-electron chi connectivity index (χ0n) is 13.9. The first-order chi connectivity index (χ1) is 10.9. The number of carboxylic acid groups (broad SMARTS) is 1. The molecular formula is C18H24N2O3. The van der Waals surface area contributed by atoms with Crippen LogP contribution in [0, 0.1) is 6.92 Å². The molecule has 1 aromatic heterocycles. The van der Waals surface area contributed by atoms with Crippen LogP contribution in [0.25, 0.3) is 10.9 Å². The van der Waals surface area contributed by atoms with Gasteiger partial charge in [0.2, 0.25) is 5.91 Å². The average molecular weight is 316 g/mol. The second-order valence-corrected chi connectivity index (χ2v) is 5.98. The van der Waals surface area contributed by atoms with Crippen molar-refractivity contribution >= 4 is 22.8 Å². The van der Waals surface area contributed by atoms with Gasteiger partial charge in [-0.25, -0.2) is 0 Å². The number of H-pyrrole nitrogens is 1. The molecule has 2 rings (SSSR count). The molecule has 1 amide bonds. The standard InChI is InChI=1S/C18H24N2O3/c1-4-13(3)20(11-17(22)23)16(21)9-8-14-10-19-18-12(2)6-5-7-15(14)18/h5-7,10,13,19H,4,8-9,11H2,1-3H3,(H,22,23). The van der Waals surface area contributed by atoms with Crippen LogP contribution in [0.2, 0.25) is 0 Å². The number of benzene rings is 1. The number of aryl methyl sites for hydroxylation is 2. The predicted octanol–water partition coefficient (Wildman–Crippen LogP) is 3.12. The zero-order valence-corrected chi connectivity index (χ0v) is 13.9. The second-order valence-electron chi connectivity index (χ2n) is 5.98. The van der Waals surface area contributed by atoms with Gasteiger partial charge < -0.3 is 15.0 Å². The van der Waals surface area contributed by atoms with Gasteiger partial charge in [-0.05, 0) is 37.8 Å². The predicted molar refractivity (Wildman–Crippen MR) is 90.5 cm³/mol. The smallest absolute Gasteiger partial charge is 0.323 e. The third-order valence-corrected chi connectivity index (χ3v) is 4.37. The van der Waals surface area contributed by atoms with Crippen molar-refractivity contribution in [3.8, 4) is 0 Å². The van der Waals surface area contributed by atoms with Crippen LogP contribution < -0.4 is 0 Å². The Kier molecular flexibility index (Phi) is 5.42. The highest BCUT2D eigenvalue weighted by Crippen LogP contribution is 2.22. The molecule has 5 nitrogen and oxygen atoms in total. The molecule has 1 heterocycles. The van der Waals surface area contributed by atoms with E-state index in [0.29, 0.717) is 12.8 Å². The van der Waals surface area contributed by atoms with Gasteiger partial charge in [-0.2, -0.15) is 0 Å². The number of carboxylic acids is 1. The lowest BCUT2D eigenvalue weighted by atomic mass is 10.1. The third kappa shape index (κ3) is 3.92. The van der Waals surface area contributed by atoms with Crippen LogP contribution in [0.1, 0.15) is 37.8 Å². The molecule has 1 unspecified atom stereocenters. The Morgan fingerprint density at radius 3 is 2.74 bits per heavy atom. The van der Waals surface area contributed by atoms with E-state index in [9.17, 15) is 9.59 Å². The first-order valence-electron chi connectivity index (χ1n) is 8.00. The fourth-order valence-corrected chi connectivity index (χ4v) is 2.81. The number of hydrogen-bond acceptors (Lipinski definition) is 2. The molecule has 0 bridgehead atoms. The lowest BCUT2D eigenvalue weighted by molar-refractivity contribution is -0.146. The molecule has 0 aliphatic heterocycles. The molecular weight excluding hydrogens is 292 g/mol. The highest BCUT2D eigenvalue weighted by atomic mass is 16.4. The first kappa shape index (κ1) is 17.1. The molecule has 0 saturated carbocycles. The van der Waals surface area contributed by atoms with E-state index in [1.807, 2.05) is 45.2 Å². The average Bonchev–Trinajstić information content (AvgIpc) is 2.94. The van der Waals surface area contributed by atoms with Crippen molar-refractivity contribution in [3.05, 3.63) is 35.5 Å². The van der Waals surface area contributed by atoms with E-state index in [0.717, 1.165) is 22.9 Å². The van der Waals surface area contributed by atoms with Crippen LogP contribution in [-0.2, 0) is 16.0 Å². The number of aromatic nitrogens is 1. The Hall–Kier alpha value is -2.30. The molecule has 1 aromatic carbocycles. The van der Waals surface area contributed by atoms with Crippen molar-refractivity contribution in [2.75, 3.05) is 6.54 Å². The minimum Gasteiger partial charge on any atom is -0.480 e. The molecule has 0 aliphatic rings. The van der Waals surface area contributed by atoms with Gasteiger partial charge in [0.25, 0.3) is 0 Å². The monoisotopic (exact) mass is 316 g/mol. The maximum atomic E-state index is 12.4. The maximum Gasteiger partial charge on any atom is 0.323 e. The van der Waals surface area contributed by atoms with E-state index in [1.54, 1.807) is 0 Å². The summed E-state index contributed by atoms with van der Waals surface area (Å²) in [4.78, 5) is 28.1. The minimum atomic E-state index is -0.971. The second kappa shape index (κ2) is 7.31. The summed E-state index contributed by atoms with van der Waals surface area (Å²) in [7, 11) is 0. The van der Waals surface area contributed by atoms with E-state index in [2.05, 4.69) is 4.98 Å². The van der Waals surface area contributed by atoms with E-state index in [4.69, 9.17) is 5.11 Å². The van der Waals surface area contributed by atoms with Crippen LogP contribution in [0.3, 0.4) is 0 Å². The van der Waals surface area contributed by atoms with Crippen molar-refractivity contribution in [3.63, 3.8) is 0 Å². The third-order valence-electron chi connectivity index (χ3n) is 4.37. The highest BCUT2D eigenvalue weighted by molar-refractivity contribution is 5.87. The van der Waals surface area contributed by atoms with E-state index in [-0.39, 0.29) is 18.5 Å². The summed E-state index contributed by atoms with van der Waals surface area (Å²) in [6, 6.07) is 6.03. The zero-order chi connectivity index (χ0) is 17.0. The van der Waals surface area contributed by atoms with E-state index in [1.165, 1.54) is 10.5 Å². The van der Waals surface area contributed by atoms with Gasteiger partial charge in [-0.3, -0.25) is 9.59 Å². The van der Waals surface area contributed by atoms with Crippen molar-refractivity contribution < 1.29 is 14.7 Å². The number of para-hydroxylation sites is 1. The maximum absolute atomic E-state index is 12.4. The number of aromatic amines is 1. The van der Waals surface area contributed by atoms with E-state index >= 15 is 0 Å². The van der Waals surface area contributed by atoms with Gasteiger partial charge >= 0.3 is 5.97 Å². The Balaban J connectivity index is 2.09. The first-order valence-corrected chi connectivity index (χ1v) is 8.00. The lowest BCUT2D eigenvalue weighted by Gasteiger charge is -2.27. The number of nitrogens with one attached hydrogen (secondary N) is 1. The molecule has 1 atom stereocenters. The summed E-state index contributed by atoms with van der Waals surface area (Å²) in [6.07, 6.45) is 3.61. The molecule has 0 fully saturated rings. The van der Waals surface area contributed by atoms with Crippen LogP contribution in [0.15, 0.2) is 24.4 Å². The molecule has 2 aromatic rings. The van der Waals surface area contributed by atoms with Gasteiger partial charge in [-0.15, -0.1) is 0 Å². The summed E-state index contributed by atoms with van der Waals surface area (Å²) in [5, 5.41) is 10.1. The molecule has 0 aliphatic carbocycles. The van der Waals surface area contributed by atoms with Gasteiger partial charge in [0.15, 0.2) is 0 Å². The normalized spacial score (nSPS) is 12.3. The minimum absolute atomic E-state index is 0.0659. The topological polar surface area (TPSA) is 73.4 Å². The number of fused-ring (bicyclic) bond motifs is 1. The number of carbonyl (C=O) groups excluding carboxylic acids is 1. The van der Waals surface area contributed by atoms with Crippen LogP contribution in [0.5, 0.6) is 0 Å². The fourth-order valence-electron chi connectivity index (χ4n) is 2.81. The van der Waals surface area contributed by atoms with Crippen LogP contribution in [0.4, 0.5) is 0 Å². The summed E-state index contributed by atoms with van der Waals surface area (Å²) >= 11 is 0.